The van der Waals surface area contributed by atoms with Crippen molar-refractivity contribution >= 4 is 50.1 Å². The lowest BCUT2D eigenvalue weighted by molar-refractivity contribution is -0.119. The minimum Gasteiger partial charge on any atom is -0.452 e. The lowest BCUT2D eigenvalue weighted by Gasteiger charge is -2.23. The van der Waals surface area contributed by atoms with Gasteiger partial charge < -0.3 is 10.1 Å². The number of anilines is 1. The Morgan fingerprint density at radius 3 is 2.36 bits per heavy atom. The topological polar surface area (TPSA) is 106 Å². The van der Waals surface area contributed by atoms with Crippen LogP contribution in [0.5, 0.6) is 0 Å². The van der Waals surface area contributed by atoms with Crippen LogP contribution in [0, 0.1) is 6.92 Å². The van der Waals surface area contributed by atoms with Crippen molar-refractivity contribution in [3.63, 3.8) is 0 Å². The largest absolute Gasteiger partial charge is 0.452 e. The SMILES string of the molecule is CCN(CC)S(=O)(=O)c1cc(NC(=O)COC(=O)c2c3c(nc4ccccc24)/C(=C\c2ccc(C(C)(C)C)cc2)CCC3)ccc1C. The number of sulfonamides is 1. The molecule has 1 amide bonds. The van der Waals surface area contributed by atoms with Gasteiger partial charge in [0.1, 0.15) is 0 Å². The molecule has 0 saturated carbocycles. The lowest BCUT2D eigenvalue weighted by Crippen LogP contribution is -2.31. The molecule has 4 aromatic rings. The molecule has 1 aliphatic rings. The fourth-order valence-corrected chi connectivity index (χ4v) is 7.76. The fourth-order valence-electron chi connectivity index (χ4n) is 6.05. The molecule has 0 fully saturated rings. The average molecular weight is 654 g/mol. The summed E-state index contributed by atoms with van der Waals surface area (Å²) in [5.41, 5.74) is 7.04. The van der Waals surface area contributed by atoms with Crippen LogP contribution in [0.1, 0.15) is 85.8 Å². The van der Waals surface area contributed by atoms with Gasteiger partial charge in [-0.1, -0.05) is 83.1 Å². The van der Waals surface area contributed by atoms with Gasteiger partial charge in [-0.25, -0.2) is 18.2 Å². The van der Waals surface area contributed by atoms with Crippen molar-refractivity contribution in [2.24, 2.45) is 0 Å². The molecule has 0 radical (unpaired) electrons. The maximum atomic E-state index is 13.7. The van der Waals surface area contributed by atoms with Gasteiger partial charge >= 0.3 is 5.97 Å². The number of allylic oxidation sites excluding steroid dienone is 1. The second kappa shape index (κ2) is 13.8. The summed E-state index contributed by atoms with van der Waals surface area (Å²) < 4.78 is 33.3. The molecule has 0 bridgehead atoms. The number of esters is 1. The van der Waals surface area contributed by atoms with Gasteiger partial charge in [-0.15, -0.1) is 0 Å². The lowest BCUT2D eigenvalue weighted by atomic mass is 9.85. The molecule has 0 unspecified atom stereocenters. The van der Waals surface area contributed by atoms with Crippen molar-refractivity contribution in [3.05, 3.63) is 100 Å². The van der Waals surface area contributed by atoms with Crippen LogP contribution in [0.3, 0.4) is 0 Å². The summed E-state index contributed by atoms with van der Waals surface area (Å²) in [7, 11) is -3.73. The van der Waals surface area contributed by atoms with E-state index in [2.05, 4.69) is 56.4 Å². The van der Waals surface area contributed by atoms with Crippen molar-refractivity contribution < 1.29 is 22.7 Å². The number of ether oxygens (including phenoxy) is 1. The van der Waals surface area contributed by atoms with Crippen LogP contribution in [0.2, 0.25) is 0 Å². The predicted octanol–water partition coefficient (Wildman–Crippen LogP) is 7.54. The molecule has 0 spiro atoms. The van der Waals surface area contributed by atoms with Gasteiger partial charge in [0, 0.05) is 24.2 Å². The Balaban J connectivity index is 1.39. The molecule has 0 aliphatic heterocycles. The molecule has 0 atom stereocenters. The van der Waals surface area contributed by atoms with E-state index in [0.29, 0.717) is 47.2 Å². The number of aryl methyl sites for hydroxylation is 1. The Hall–Kier alpha value is -4.34. The van der Waals surface area contributed by atoms with Crippen LogP contribution in [0.25, 0.3) is 22.6 Å². The molecule has 1 aromatic heterocycles. The number of pyridine rings is 1. The molecule has 9 heteroatoms. The second-order valence-electron chi connectivity index (χ2n) is 12.9. The van der Waals surface area contributed by atoms with E-state index in [4.69, 9.17) is 9.72 Å². The first-order chi connectivity index (χ1) is 22.3. The highest BCUT2D eigenvalue weighted by Crippen LogP contribution is 2.37. The summed E-state index contributed by atoms with van der Waals surface area (Å²) in [4.78, 5) is 31.8. The monoisotopic (exact) mass is 653 g/mol. The van der Waals surface area contributed by atoms with Gasteiger partial charge in [0.25, 0.3) is 5.91 Å². The molecular formula is C38H43N3O5S. The van der Waals surface area contributed by atoms with E-state index in [1.165, 1.54) is 15.9 Å². The molecular weight excluding hydrogens is 611 g/mol. The number of aromatic nitrogens is 1. The fraction of sp³-hybridized carbons (Fsp3) is 0.342. The van der Waals surface area contributed by atoms with E-state index >= 15 is 0 Å². The average Bonchev–Trinajstić information content (AvgIpc) is 3.04. The maximum absolute atomic E-state index is 13.7. The number of fused-ring (bicyclic) bond motifs is 2. The van der Waals surface area contributed by atoms with Crippen LogP contribution >= 0.6 is 0 Å². The predicted molar refractivity (Wildman–Crippen MR) is 188 cm³/mol. The Kier molecular flexibility index (Phi) is 9.98. The molecule has 1 heterocycles. The third-order valence-corrected chi connectivity index (χ3v) is 10.8. The van der Waals surface area contributed by atoms with E-state index < -0.39 is 28.5 Å². The van der Waals surface area contributed by atoms with Crippen molar-refractivity contribution in [2.75, 3.05) is 25.0 Å². The number of nitrogens with one attached hydrogen (secondary N) is 1. The highest BCUT2D eigenvalue weighted by atomic mass is 32.2. The number of rotatable bonds is 9. The maximum Gasteiger partial charge on any atom is 0.339 e. The van der Waals surface area contributed by atoms with E-state index in [1.807, 2.05) is 24.3 Å². The first kappa shape index (κ1) is 34.0. The number of benzene rings is 3. The summed E-state index contributed by atoms with van der Waals surface area (Å²) >= 11 is 0. The number of carbonyl (C=O) groups excluding carboxylic acids is 2. The van der Waals surface area contributed by atoms with Gasteiger partial charge in [-0.3, -0.25) is 4.79 Å². The summed E-state index contributed by atoms with van der Waals surface area (Å²) in [5.74, 6) is -1.17. The van der Waals surface area contributed by atoms with Gasteiger partial charge in [0.05, 0.1) is 21.7 Å². The normalized spacial score (nSPS) is 14.3. The smallest absolute Gasteiger partial charge is 0.339 e. The van der Waals surface area contributed by atoms with Crippen molar-refractivity contribution in [2.45, 2.75) is 71.1 Å². The van der Waals surface area contributed by atoms with Gasteiger partial charge in [0.2, 0.25) is 10.0 Å². The Morgan fingerprint density at radius 2 is 1.68 bits per heavy atom. The Morgan fingerprint density at radius 1 is 0.979 bits per heavy atom. The molecule has 246 valence electrons. The van der Waals surface area contributed by atoms with Crippen LogP contribution < -0.4 is 5.32 Å². The Bertz CT molecular complexity index is 1950. The highest BCUT2D eigenvalue weighted by Gasteiger charge is 2.27. The van der Waals surface area contributed by atoms with E-state index in [-0.39, 0.29) is 10.3 Å². The highest BCUT2D eigenvalue weighted by molar-refractivity contribution is 7.89. The standard InChI is InChI=1S/C38H43N3O5S/c1-7-41(8-2)47(44,45)33-23-29(21-16-25(33)3)39-34(42)24-46-37(43)35-30-13-9-10-15-32(30)40-36-27(12-11-14-31(35)36)22-26-17-19-28(20-18-26)38(4,5)6/h9-10,13,15-23H,7-8,11-12,14,24H2,1-6H3,(H,39,42)/b27-22-. The zero-order valence-corrected chi connectivity index (χ0v) is 28.8. The summed E-state index contributed by atoms with van der Waals surface area (Å²) in [6.45, 7) is 12.0. The van der Waals surface area contributed by atoms with Crippen molar-refractivity contribution in [3.8, 4) is 0 Å². The van der Waals surface area contributed by atoms with Gasteiger partial charge in [-0.2, -0.15) is 4.31 Å². The quantitative estimate of drug-likeness (QED) is 0.187. The van der Waals surface area contributed by atoms with Gasteiger partial charge in [-0.05, 0) is 83.7 Å². The summed E-state index contributed by atoms with van der Waals surface area (Å²) in [6, 6.07) is 20.7. The summed E-state index contributed by atoms with van der Waals surface area (Å²) in [6.07, 6.45) is 4.49. The molecule has 8 nitrogen and oxygen atoms in total. The minimum atomic E-state index is -3.73. The van der Waals surface area contributed by atoms with Crippen LogP contribution in [-0.4, -0.2) is 49.3 Å². The number of carbonyl (C=O) groups is 2. The van der Waals surface area contributed by atoms with Crippen molar-refractivity contribution in [1.29, 1.82) is 0 Å². The molecule has 0 saturated heterocycles. The number of para-hydroxylation sites is 1. The minimum absolute atomic E-state index is 0.0602. The Labute approximate surface area is 277 Å². The van der Waals surface area contributed by atoms with Crippen LogP contribution in [-0.2, 0) is 31.4 Å². The van der Waals surface area contributed by atoms with E-state index in [9.17, 15) is 18.0 Å². The van der Waals surface area contributed by atoms with Crippen molar-refractivity contribution in [1.82, 2.24) is 9.29 Å². The summed E-state index contributed by atoms with van der Waals surface area (Å²) in [5, 5.41) is 3.37. The first-order valence-electron chi connectivity index (χ1n) is 16.1. The third-order valence-electron chi connectivity index (χ3n) is 8.62. The molecule has 5 rings (SSSR count). The van der Waals surface area contributed by atoms with Crippen LogP contribution in [0.4, 0.5) is 5.69 Å². The van der Waals surface area contributed by atoms with Crippen LogP contribution in [0.15, 0.2) is 71.6 Å². The first-order valence-corrected chi connectivity index (χ1v) is 17.6. The zero-order chi connectivity index (χ0) is 33.9. The number of hydrogen-bond acceptors (Lipinski definition) is 6. The molecule has 1 N–H and O–H groups in total. The number of amides is 1. The number of nitrogens with zero attached hydrogens (tertiary/aromatic N) is 2. The molecule has 47 heavy (non-hydrogen) atoms. The molecule has 3 aromatic carbocycles. The second-order valence-corrected chi connectivity index (χ2v) is 14.8. The third kappa shape index (κ3) is 7.31. The van der Waals surface area contributed by atoms with Gasteiger partial charge in [0.15, 0.2) is 6.61 Å². The zero-order valence-electron chi connectivity index (χ0n) is 28.0. The van der Waals surface area contributed by atoms with E-state index in [1.54, 1.807) is 32.9 Å². The number of hydrogen-bond donors (Lipinski definition) is 1. The molecule has 1 aliphatic carbocycles. The van der Waals surface area contributed by atoms with E-state index in [0.717, 1.165) is 35.2 Å².